The van der Waals surface area contributed by atoms with E-state index in [0.717, 1.165) is 18.7 Å². The van der Waals surface area contributed by atoms with E-state index in [-0.39, 0.29) is 6.04 Å². The predicted octanol–water partition coefficient (Wildman–Crippen LogP) is 3.41. The van der Waals surface area contributed by atoms with Crippen LogP contribution in [0.4, 0.5) is 18.9 Å². The Labute approximate surface area is 115 Å². The highest BCUT2D eigenvalue weighted by Gasteiger charge is 2.34. The van der Waals surface area contributed by atoms with E-state index < -0.39 is 12.7 Å². The van der Waals surface area contributed by atoms with Crippen molar-refractivity contribution in [1.29, 1.82) is 0 Å². The van der Waals surface area contributed by atoms with Crippen LogP contribution in [-0.2, 0) is 0 Å². The third-order valence-corrected chi connectivity index (χ3v) is 3.66. The van der Waals surface area contributed by atoms with Gasteiger partial charge in [0.25, 0.3) is 0 Å². The van der Waals surface area contributed by atoms with Gasteiger partial charge in [0, 0.05) is 29.8 Å². The topological polar surface area (TPSA) is 6.48 Å². The van der Waals surface area contributed by atoms with Gasteiger partial charge in [-0.2, -0.15) is 13.2 Å². The number of benzene rings is 1. The van der Waals surface area contributed by atoms with Crippen molar-refractivity contribution in [2.75, 3.05) is 31.6 Å². The zero-order valence-electron chi connectivity index (χ0n) is 10.6. The highest BCUT2D eigenvalue weighted by Crippen LogP contribution is 2.25. The second-order valence-corrected chi connectivity index (χ2v) is 5.33. The van der Waals surface area contributed by atoms with E-state index in [1.165, 1.54) is 11.9 Å². The molecule has 1 heterocycles. The SMILES string of the molecule is CN(CC(F)(F)F)C1CCN(c2ccc(Cl)cc2)C1. The molecule has 0 N–H and O–H groups in total. The van der Waals surface area contributed by atoms with Gasteiger partial charge in [-0.1, -0.05) is 11.6 Å². The average Bonchev–Trinajstić information content (AvgIpc) is 2.77. The summed E-state index contributed by atoms with van der Waals surface area (Å²) in [6.45, 7) is 0.537. The first-order valence-electron chi connectivity index (χ1n) is 6.13. The zero-order chi connectivity index (χ0) is 14.0. The maximum atomic E-state index is 12.4. The van der Waals surface area contributed by atoms with Crippen LogP contribution in [0, 0.1) is 0 Å². The van der Waals surface area contributed by atoms with Gasteiger partial charge in [-0.25, -0.2) is 0 Å². The van der Waals surface area contributed by atoms with Gasteiger partial charge in [-0.3, -0.25) is 4.90 Å². The summed E-state index contributed by atoms with van der Waals surface area (Å²) < 4.78 is 37.1. The second kappa shape index (κ2) is 5.59. The molecule has 6 heteroatoms. The minimum absolute atomic E-state index is 0.0581. The van der Waals surface area contributed by atoms with Crippen molar-refractivity contribution in [2.45, 2.75) is 18.6 Å². The number of likely N-dealkylation sites (N-methyl/N-ethyl adjacent to an activating group) is 1. The summed E-state index contributed by atoms with van der Waals surface area (Å²) in [5, 5.41) is 0.661. The van der Waals surface area contributed by atoms with E-state index >= 15 is 0 Å². The highest BCUT2D eigenvalue weighted by molar-refractivity contribution is 6.30. The predicted molar refractivity (Wildman–Crippen MR) is 70.8 cm³/mol. The molecule has 1 aliphatic heterocycles. The minimum Gasteiger partial charge on any atom is -0.370 e. The molecule has 2 nitrogen and oxygen atoms in total. The standard InChI is InChI=1S/C13H16ClF3N2/c1-18(9-13(15,16)17)12-6-7-19(8-12)11-4-2-10(14)3-5-11/h2-5,12H,6-9H2,1H3. The number of alkyl halides is 3. The lowest BCUT2D eigenvalue weighted by molar-refractivity contribution is -0.146. The van der Waals surface area contributed by atoms with Crippen molar-refractivity contribution >= 4 is 17.3 Å². The molecule has 0 aromatic heterocycles. The first-order chi connectivity index (χ1) is 8.85. The first kappa shape index (κ1) is 14.5. The van der Waals surface area contributed by atoms with Gasteiger partial charge < -0.3 is 4.90 Å². The van der Waals surface area contributed by atoms with Crippen LogP contribution in [0.15, 0.2) is 24.3 Å². The third-order valence-electron chi connectivity index (χ3n) is 3.41. The number of rotatable bonds is 3. The Morgan fingerprint density at radius 3 is 2.53 bits per heavy atom. The summed E-state index contributed by atoms with van der Waals surface area (Å²) in [4.78, 5) is 3.48. The fourth-order valence-corrected chi connectivity index (χ4v) is 2.53. The Balaban J connectivity index is 1.94. The van der Waals surface area contributed by atoms with Gasteiger partial charge in [-0.15, -0.1) is 0 Å². The molecule has 0 aliphatic carbocycles. The van der Waals surface area contributed by atoms with Crippen LogP contribution in [0.25, 0.3) is 0 Å². The van der Waals surface area contributed by atoms with Crippen LogP contribution in [-0.4, -0.2) is 43.8 Å². The summed E-state index contributed by atoms with van der Waals surface area (Å²) in [6, 6.07) is 7.33. The summed E-state index contributed by atoms with van der Waals surface area (Å²) in [7, 11) is 1.53. The van der Waals surface area contributed by atoms with Gasteiger partial charge in [0.2, 0.25) is 0 Å². The largest absolute Gasteiger partial charge is 0.401 e. The molecule has 1 unspecified atom stereocenters. The van der Waals surface area contributed by atoms with Gasteiger partial charge in [0.15, 0.2) is 0 Å². The summed E-state index contributed by atoms with van der Waals surface area (Å²) >= 11 is 5.82. The van der Waals surface area contributed by atoms with E-state index in [0.29, 0.717) is 11.6 Å². The Morgan fingerprint density at radius 2 is 1.95 bits per heavy atom. The lowest BCUT2D eigenvalue weighted by atomic mass is 10.2. The molecule has 1 fully saturated rings. The minimum atomic E-state index is -4.14. The van der Waals surface area contributed by atoms with Gasteiger partial charge in [0.1, 0.15) is 0 Å². The quantitative estimate of drug-likeness (QED) is 0.842. The molecule has 1 aromatic rings. The normalized spacial score (nSPS) is 20.3. The van der Waals surface area contributed by atoms with Crippen molar-refractivity contribution in [2.24, 2.45) is 0 Å². The summed E-state index contributed by atoms with van der Waals surface area (Å²) in [5.41, 5.74) is 1.01. The van der Waals surface area contributed by atoms with E-state index in [4.69, 9.17) is 11.6 Å². The number of hydrogen-bond acceptors (Lipinski definition) is 2. The molecule has 1 aromatic carbocycles. The van der Waals surface area contributed by atoms with Gasteiger partial charge in [0.05, 0.1) is 6.54 Å². The molecular weight excluding hydrogens is 277 g/mol. The van der Waals surface area contributed by atoms with Crippen LogP contribution in [0.3, 0.4) is 0 Å². The number of halogens is 4. The number of anilines is 1. The Bertz CT molecular complexity index is 419. The van der Waals surface area contributed by atoms with Gasteiger partial charge in [-0.05, 0) is 37.7 Å². The van der Waals surface area contributed by atoms with Crippen LogP contribution >= 0.6 is 11.6 Å². The number of nitrogens with zero attached hydrogens (tertiary/aromatic N) is 2. The molecule has 1 atom stereocenters. The highest BCUT2D eigenvalue weighted by atomic mass is 35.5. The smallest absolute Gasteiger partial charge is 0.370 e. The lowest BCUT2D eigenvalue weighted by Crippen LogP contribution is -2.40. The monoisotopic (exact) mass is 292 g/mol. The van der Waals surface area contributed by atoms with Crippen molar-refractivity contribution in [1.82, 2.24) is 4.90 Å². The summed E-state index contributed by atoms with van der Waals surface area (Å²) in [5.74, 6) is 0. The lowest BCUT2D eigenvalue weighted by Gasteiger charge is -2.26. The number of hydrogen-bond donors (Lipinski definition) is 0. The maximum Gasteiger partial charge on any atom is 0.401 e. The molecule has 0 amide bonds. The van der Waals surface area contributed by atoms with Crippen molar-refractivity contribution in [3.8, 4) is 0 Å². The third kappa shape index (κ3) is 4.01. The molecule has 19 heavy (non-hydrogen) atoms. The van der Waals surface area contributed by atoms with Crippen LogP contribution < -0.4 is 4.90 Å². The molecule has 1 aliphatic rings. The molecule has 0 saturated carbocycles. The van der Waals surface area contributed by atoms with E-state index in [1.54, 1.807) is 12.1 Å². The molecule has 0 radical (unpaired) electrons. The van der Waals surface area contributed by atoms with Crippen LogP contribution in [0.1, 0.15) is 6.42 Å². The molecule has 0 bridgehead atoms. The molecule has 106 valence electrons. The molecule has 2 rings (SSSR count). The van der Waals surface area contributed by atoms with Crippen molar-refractivity contribution < 1.29 is 13.2 Å². The van der Waals surface area contributed by atoms with Gasteiger partial charge >= 0.3 is 6.18 Å². The molecule has 0 spiro atoms. The average molecular weight is 293 g/mol. The zero-order valence-corrected chi connectivity index (χ0v) is 11.4. The van der Waals surface area contributed by atoms with Crippen molar-refractivity contribution in [3.05, 3.63) is 29.3 Å². The van der Waals surface area contributed by atoms with Crippen molar-refractivity contribution in [3.63, 3.8) is 0 Å². The van der Waals surface area contributed by atoms with E-state index in [1.807, 2.05) is 12.1 Å². The Kier molecular flexibility index (Phi) is 4.26. The molecule has 1 saturated heterocycles. The van der Waals surface area contributed by atoms with Crippen LogP contribution in [0.2, 0.25) is 5.02 Å². The fraction of sp³-hybridized carbons (Fsp3) is 0.538. The van der Waals surface area contributed by atoms with Crippen LogP contribution in [0.5, 0.6) is 0 Å². The Hall–Kier alpha value is -0.940. The second-order valence-electron chi connectivity index (χ2n) is 4.90. The Morgan fingerprint density at radius 1 is 1.32 bits per heavy atom. The molecular formula is C13H16ClF3N2. The van der Waals surface area contributed by atoms with E-state index in [2.05, 4.69) is 4.90 Å². The maximum absolute atomic E-state index is 12.4. The van der Waals surface area contributed by atoms with E-state index in [9.17, 15) is 13.2 Å². The summed E-state index contributed by atoms with van der Waals surface area (Å²) in [6.07, 6.45) is -3.39. The first-order valence-corrected chi connectivity index (χ1v) is 6.50. The fourth-order valence-electron chi connectivity index (χ4n) is 2.40.